The van der Waals surface area contributed by atoms with Crippen molar-refractivity contribution in [2.45, 2.75) is 37.1 Å². The van der Waals surface area contributed by atoms with Crippen LogP contribution in [0.4, 0.5) is 0 Å². The summed E-state index contributed by atoms with van der Waals surface area (Å²) in [6.45, 7) is 2.29. The number of nitrogens with one attached hydrogen (secondary N) is 1. The first-order valence-electron chi connectivity index (χ1n) is 6.85. The average molecular weight is 298 g/mol. The maximum atomic E-state index is 12.5. The fraction of sp³-hybridized carbons (Fsp3) is 0.571. The summed E-state index contributed by atoms with van der Waals surface area (Å²) in [6, 6.07) is 4.93. The SMILES string of the molecule is COc1ccc(S(=O)(=O)NC2CCCC2CN)c(C)c1. The second kappa shape index (κ2) is 6.11. The van der Waals surface area contributed by atoms with Crippen LogP contribution in [0, 0.1) is 12.8 Å². The van der Waals surface area contributed by atoms with E-state index in [1.807, 2.05) is 0 Å². The molecule has 0 radical (unpaired) electrons. The summed E-state index contributed by atoms with van der Waals surface area (Å²) in [4.78, 5) is 0.306. The Labute approximate surface area is 120 Å². The lowest BCUT2D eigenvalue weighted by atomic mass is 10.1. The van der Waals surface area contributed by atoms with Gasteiger partial charge in [0.1, 0.15) is 5.75 Å². The molecular formula is C14H22N2O3S. The molecule has 3 N–H and O–H groups in total. The Morgan fingerprint density at radius 2 is 2.15 bits per heavy atom. The normalized spacial score (nSPS) is 22.9. The summed E-state index contributed by atoms with van der Waals surface area (Å²) in [5.74, 6) is 0.894. The molecule has 0 aromatic heterocycles. The van der Waals surface area contributed by atoms with Crippen LogP contribution in [0.3, 0.4) is 0 Å². The van der Waals surface area contributed by atoms with Gasteiger partial charge in [0.25, 0.3) is 0 Å². The van der Waals surface area contributed by atoms with Gasteiger partial charge in [-0.25, -0.2) is 13.1 Å². The molecule has 1 aliphatic carbocycles. The summed E-state index contributed by atoms with van der Waals surface area (Å²) in [5.41, 5.74) is 6.38. The number of benzene rings is 1. The number of hydrogen-bond acceptors (Lipinski definition) is 4. The highest BCUT2D eigenvalue weighted by atomic mass is 32.2. The van der Waals surface area contributed by atoms with Crippen molar-refractivity contribution >= 4 is 10.0 Å². The van der Waals surface area contributed by atoms with E-state index in [1.165, 1.54) is 0 Å². The van der Waals surface area contributed by atoms with Crippen LogP contribution >= 0.6 is 0 Å². The van der Waals surface area contributed by atoms with Gasteiger partial charge in [-0.15, -0.1) is 0 Å². The monoisotopic (exact) mass is 298 g/mol. The molecule has 5 nitrogen and oxygen atoms in total. The number of rotatable bonds is 5. The quantitative estimate of drug-likeness (QED) is 0.861. The fourth-order valence-corrected chi connectivity index (χ4v) is 4.35. The molecule has 1 aromatic rings. The number of hydrogen-bond donors (Lipinski definition) is 2. The third-order valence-electron chi connectivity index (χ3n) is 3.94. The van der Waals surface area contributed by atoms with Crippen LogP contribution in [-0.2, 0) is 10.0 Å². The second-order valence-corrected chi connectivity index (χ2v) is 6.97. The Bertz CT molecular complexity index is 572. The summed E-state index contributed by atoms with van der Waals surface area (Å²) in [6.07, 6.45) is 2.87. The first-order valence-corrected chi connectivity index (χ1v) is 8.33. The van der Waals surface area contributed by atoms with Crippen molar-refractivity contribution in [3.8, 4) is 5.75 Å². The van der Waals surface area contributed by atoms with E-state index in [-0.39, 0.29) is 12.0 Å². The zero-order valence-corrected chi connectivity index (χ0v) is 12.7. The molecule has 20 heavy (non-hydrogen) atoms. The van der Waals surface area contributed by atoms with E-state index in [2.05, 4.69) is 4.72 Å². The lowest BCUT2D eigenvalue weighted by Gasteiger charge is -2.20. The zero-order chi connectivity index (χ0) is 14.8. The summed E-state index contributed by atoms with van der Waals surface area (Å²) >= 11 is 0. The van der Waals surface area contributed by atoms with E-state index in [9.17, 15) is 8.42 Å². The summed E-state index contributed by atoms with van der Waals surface area (Å²) in [7, 11) is -1.94. The van der Waals surface area contributed by atoms with Crippen LogP contribution in [0.25, 0.3) is 0 Å². The van der Waals surface area contributed by atoms with Crippen molar-refractivity contribution in [3.63, 3.8) is 0 Å². The Kier molecular flexibility index (Phi) is 4.67. The molecule has 0 aliphatic heterocycles. The van der Waals surface area contributed by atoms with Crippen LogP contribution in [0.5, 0.6) is 5.75 Å². The average Bonchev–Trinajstić information content (AvgIpc) is 2.84. The Balaban J connectivity index is 2.22. The van der Waals surface area contributed by atoms with Crippen LogP contribution in [0.2, 0.25) is 0 Å². The molecule has 0 amide bonds. The lowest BCUT2D eigenvalue weighted by molar-refractivity contribution is 0.414. The highest BCUT2D eigenvalue weighted by Crippen LogP contribution is 2.27. The summed E-state index contributed by atoms with van der Waals surface area (Å²) < 4.78 is 32.9. The highest BCUT2D eigenvalue weighted by molar-refractivity contribution is 7.89. The van der Waals surface area contributed by atoms with Gasteiger partial charge in [0.15, 0.2) is 0 Å². The maximum Gasteiger partial charge on any atom is 0.241 e. The smallest absolute Gasteiger partial charge is 0.241 e. The fourth-order valence-electron chi connectivity index (χ4n) is 2.79. The van der Waals surface area contributed by atoms with Crippen molar-refractivity contribution in [2.24, 2.45) is 11.7 Å². The molecular weight excluding hydrogens is 276 g/mol. The standard InChI is InChI=1S/C14H22N2O3S/c1-10-8-12(19-2)6-7-14(10)20(17,18)16-13-5-3-4-11(13)9-15/h6-8,11,13,16H,3-5,9,15H2,1-2H3. The topological polar surface area (TPSA) is 81.4 Å². The number of ether oxygens (including phenoxy) is 1. The number of aryl methyl sites for hydroxylation is 1. The van der Waals surface area contributed by atoms with Gasteiger partial charge in [-0.3, -0.25) is 0 Å². The molecule has 1 saturated carbocycles. The van der Waals surface area contributed by atoms with Crippen molar-refractivity contribution in [2.75, 3.05) is 13.7 Å². The van der Waals surface area contributed by atoms with E-state index in [1.54, 1.807) is 32.2 Å². The van der Waals surface area contributed by atoms with Gasteiger partial charge in [0.05, 0.1) is 12.0 Å². The molecule has 0 spiro atoms. The molecule has 0 saturated heterocycles. The minimum atomic E-state index is -3.50. The molecule has 2 atom stereocenters. The van der Waals surface area contributed by atoms with E-state index in [0.717, 1.165) is 19.3 Å². The second-order valence-electron chi connectivity index (χ2n) is 5.29. The molecule has 6 heteroatoms. The maximum absolute atomic E-state index is 12.5. The van der Waals surface area contributed by atoms with E-state index >= 15 is 0 Å². The lowest BCUT2D eigenvalue weighted by Crippen LogP contribution is -2.40. The van der Waals surface area contributed by atoms with E-state index in [4.69, 9.17) is 10.5 Å². The minimum Gasteiger partial charge on any atom is -0.497 e. The molecule has 2 rings (SSSR count). The first-order chi connectivity index (χ1) is 9.47. The Hall–Kier alpha value is -1.11. The summed E-state index contributed by atoms with van der Waals surface area (Å²) in [5, 5.41) is 0. The van der Waals surface area contributed by atoms with Crippen molar-refractivity contribution in [3.05, 3.63) is 23.8 Å². The third-order valence-corrected chi connectivity index (χ3v) is 5.59. The van der Waals surface area contributed by atoms with Gasteiger partial charge in [0, 0.05) is 6.04 Å². The van der Waals surface area contributed by atoms with E-state index < -0.39 is 10.0 Å². The van der Waals surface area contributed by atoms with Crippen LogP contribution < -0.4 is 15.2 Å². The molecule has 1 aliphatic rings. The molecule has 1 fully saturated rings. The third kappa shape index (κ3) is 3.13. The van der Waals surface area contributed by atoms with Crippen molar-refractivity contribution in [1.29, 1.82) is 0 Å². The zero-order valence-electron chi connectivity index (χ0n) is 11.9. The van der Waals surface area contributed by atoms with E-state index in [0.29, 0.717) is 22.8 Å². The van der Waals surface area contributed by atoms with Gasteiger partial charge < -0.3 is 10.5 Å². The van der Waals surface area contributed by atoms with Crippen molar-refractivity contribution in [1.82, 2.24) is 4.72 Å². The molecule has 112 valence electrons. The molecule has 2 unspecified atom stereocenters. The first kappa shape index (κ1) is 15.3. The number of nitrogens with two attached hydrogens (primary N) is 1. The minimum absolute atomic E-state index is 0.0495. The molecule has 1 aromatic carbocycles. The van der Waals surface area contributed by atoms with Crippen molar-refractivity contribution < 1.29 is 13.2 Å². The number of methoxy groups -OCH3 is 1. The van der Waals surface area contributed by atoms with Crippen LogP contribution in [0.1, 0.15) is 24.8 Å². The number of sulfonamides is 1. The molecule has 0 heterocycles. The van der Waals surface area contributed by atoms with Crippen LogP contribution in [-0.4, -0.2) is 28.1 Å². The van der Waals surface area contributed by atoms with Gasteiger partial charge in [-0.1, -0.05) is 6.42 Å². The predicted molar refractivity (Wildman–Crippen MR) is 78.2 cm³/mol. The van der Waals surface area contributed by atoms with Gasteiger partial charge in [-0.05, 0) is 56.0 Å². The molecule has 0 bridgehead atoms. The Morgan fingerprint density at radius 3 is 2.75 bits per heavy atom. The Morgan fingerprint density at radius 1 is 1.40 bits per heavy atom. The predicted octanol–water partition coefficient (Wildman–Crippen LogP) is 1.41. The van der Waals surface area contributed by atoms with Gasteiger partial charge in [0.2, 0.25) is 10.0 Å². The largest absolute Gasteiger partial charge is 0.497 e. The van der Waals surface area contributed by atoms with Gasteiger partial charge >= 0.3 is 0 Å². The van der Waals surface area contributed by atoms with Gasteiger partial charge in [-0.2, -0.15) is 0 Å². The van der Waals surface area contributed by atoms with Crippen LogP contribution in [0.15, 0.2) is 23.1 Å². The highest BCUT2D eigenvalue weighted by Gasteiger charge is 2.30.